The van der Waals surface area contributed by atoms with Gasteiger partial charge in [-0.1, -0.05) is 25.5 Å². The summed E-state index contributed by atoms with van der Waals surface area (Å²) in [6, 6.07) is 14.6. The van der Waals surface area contributed by atoms with Crippen molar-refractivity contribution in [1.82, 2.24) is 19.4 Å². The van der Waals surface area contributed by atoms with Gasteiger partial charge in [0.05, 0.1) is 35.4 Å². The number of piperidine rings is 2. The highest BCUT2D eigenvalue weighted by Crippen LogP contribution is 2.36. The van der Waals surface area contributed by atoms with Crippen LogP contribution < -0.4 is 10.3 Å². The molecule has 6 rings (SSSR count). The molecule has 2 saturated heterocycles. The van der Waals surface area contributed by atoms with Crippen molar-refractivity contribution in [1.29, 1.82) is 0 Å². The minimum absolute atomic E-state index is 0.0824. The summed E-state index contributed by atoms with van der Waals surface area (Å²) in [4.78, 5) is 34.7. The van der Waals surface area contributed by atoms with E-state index in [-0.39, 0.29) is 17.8 Å². The molecule has 0 spiro atoms. The van der Waals surface area contributed by atoms with Gasteiger partial charge in [-0.3, -0.25) is 9.36 Å². The summed E-state index contributed by atoms with van der Waals surface area (Å²) >= 11 is 0. The quantitative estimate of drug-likeness (QED) is 0.244. The number of carbonyl (C=O) groups is 1. The number of rotatable bonds is 9. The van der Waals surface area contributed by atoms with E-state index in [2.05, 4.69) is 28.9 Å². The van der Waals surface area contributed by atoms with Gasteiger partial charge < -0.3 is 24.0 Å². The molecule has 2 aromatic carbocycles. The Hall–Kier alpha value is -3.43. The molecule has 3 aromatic rings. The molecular formula is C37H50N4O5. The lowest BCUT2D eigenvalue weighted by Crippen LogP contribution is -2.52. The van der Waals surface area contributed by atoms with E-state index in [1.54, 1.807) is 10.9 Å². The van der Waals surface area contributed by atoms with E-state index in [0.29, 0.717) is 54.4 Å². The largest absolute Gasteiger partial charge is 0.494 e. The molecule has 1 aliphatic carbocycles. The van der Waals surface area contributed by atoms with Gasteiger partial charge in [-0.15, -0.1) is 0 Å². The molecule has 9 heteroatoms. The Morgan fingerprint density at radius 2 is 1.65 bits per heavy atom. The van der Waals surface area contributed by atoms with E-state index in [9.17, 15) is 9.59 Å². The van der Waals surface area contributed by atoms with Crippen molar-refractivity contribution in [2.75, 3.05) is 32.8 Å². The van der Waals surface area contributed by atoms with Crippen LogP contribution in [0.4, 0.5) is 4.79 Å². The number of aromatic nitrogens is 2. The van der Waals surface area contributed by atoms with Crippen LogP contribution in [0, 0.1) is 0 Å². The normalized spacial score (nSPS) is 21.7. The maximum absolute atomic E-state index is 13.4. The molecule has 3 aliphatic rings. The molecule has 248 valence electrons. The highest BCUT2D eigenvalue weighted by molar-refractivity contribution is 5.79. The standard InChI is InChI=1S/C37H50N4O5/c1-5-6-21-44-31-11-12-34-33(24-31)35(42)41(25-38-34)28-9-7-26(8-10-28)27-13-17-39(18-14-27)29-22-32(23-29)45-30-15-19-40(20-16-30)36(43)46-37(2,3)4/h7-12,24-25,27,29-30,32H,5-6,13-23H2,1-4H3. The number of nitrogens with zero attached hydrogens (tertiary/aromatic N) is 4. The zero-order valence-corrected chi connectivity index (χ0v) is 28.0. The topological polar surface area (TPSA) is 86.1 Å². The Labute approximate surface area is 272 Å². The highest BCUT2D eigenvalue weighted by atomic mass is 16.6. The Bertz CT molecular complexity index is 1530. The number of fused-ring (bicyclic) bond motifs is 1. The summed E-state index contributed by atoms with van der Waals surface area (Å²) in [7, 11) is 0. The fourth-order valence-electron chi connectivity index (χ4n) is 6.93. The second-order valence-electron chi connectivity index (χ2n) is 14.3. The molecule has 46 heavy (non-hydrogen) atoms. The number of likely N-dealkylation sites (tertiary alicyclic amines) is 2. The lowest BCUT2D eigenvalue weighted by molar-refractivity contribution is -0.105. The molecule has 1 saturated carbocycles. The molecule has 2 aliphatic heterocycles. The lowest BCUT2D eigenvalue weighted by Gasteiger charge is -2.47. The number of hydrogen-bond donors (Lipinski definition) is 0. The monoisotopic (exact) mass is 630 g/mol. The average Bonchev–Trinajstić information content (AvgIpc) is 3.03. The molecule has 3 heterocycles. The van der Waals surface area contributed by atoms with Crippen LogP contribution >= 0.6 is 0 Å². The summed E-state index contributed by atoms with van der Waals surface area (Å²) in [6.45, 7) is 12.1. The molecule has 3 fully saturated rings. The fraction of sp³-hybridized carbons (Fsp3) is 0.595. The molecule has 0 radical (unpaired) electrons. The maximum Gasteiger partial charge on any atom is 0.410 e. The summed E-state index contributed by atoms with van der Waals surface area (Å²) in [5.74, 6) is 1.24. The lowest BCUT2D eigenvalue weighted by atomic mass is 9.83. The number of benzene rings is 2. The van der Waals surface area contributed by atoms with Crippen LogP contribution in [0.1, 0.15) is 90.5 Å². The van der Waals surface area contributed by atoms with Gasteiger partial charge in [0.1, 0.15) is 17.7 Å². The second kappa shape index (κ2) is 14.1. The molecular weight excluding hydrogens is 580 g/mol. The van der Waals surface area contributed by atoms with Gasteiger partial charge in [-0.25, -0.2) is 9.78 Å². The van der Waals surface area contributed by atoms with Crippen LogP contribution in [-0.2, 0) is 9.47 Å². The average molecular weight is 631 g/mol. The number of unbranched alkanes of at least 4 members (excludes halogenated alkanes) is 1. The number of hydrogen-bond acceptors (Lipinski definition) is 7. The summed E-state index contributed by atoms with van der Waals surface area (Å²) in [5, 5.41) is 0.570. The van der Waals surface area contributed by atoms with Crippen LogP contribution in [0.5, 0.6) is 5.75 Å². The third-order valence-corrected chi connectivity index (χ3v) is 9.73. The van der Waals surface area contributed by atoms with Gasteiger partial charge in [0, 0.05) is 19.1 Å². The highest BCUT2D eigenvalue weighted by Gasteiger charge is 2.38. The van der Waals surface area contributed by atoms with Crippen molar-refractivity contribution in [3.05, 3.63) is 64.7 Å². The third-order valence-electron chi connectivity index (χ3n) is 9.73. The molecule has 0 N–H and O–H groups in total. The fourth-order valence-corrected chi connectivity index (χ4v) is 6.93. The molecule has 0 unspecified atom stereocenters. The van der Waals surface area contributed by atoms with E-state index in [1.165, 1.54) is 5.56 Å². The van der Waals surface area contributed by atoms with Gasteiger partial charge in [0.15, 0.2) is 0 Å². The minimum atomic E-state index is -0.461. The number of carbonyl (C=O) groups excluding carboxylic acids is 1. The zero-order valence-electron chi connectivity index (χ0n) is 28.0. The maximum atomic E-state index is 13.4. The van der Waals surface area contributed by atoms with Crippen molar-refractivity contribution in [3.8, 4) is 11.4 Å². The van der Waals surface area contributed by atoms with Crippen molar-refractivity contribution in [2.45, 2.75) is 109 Å². The van der Waals surface area contributed by atoms with Crippen LogP contribution in [0.25, 0.3) is 16.6 Å². The van der Waals surface area contributed by atoms with Gasteiger partial charge in [-0.05, 0) is 121 Å². The molecule has 9 nitrogen and oxygen atoms in total. The van der Waals surface area contributed by atoms with E-state index in [0.717, 1.165) is 70.1 Å². The molecule has 0 atom stereocenters. The van der Waals surface area contributed by atoms with Crippen molar-refractivity contribution in [2.24, 2.45) is 0 Å². The first-order valence-corrected chi connectivity index (χ1v) is 17.3. The summed E-state index contributed by atoms with van der Waals surface area (Å²) in [5.41, 5.74) is 2.30. The summed E-state index contributed by atoms with van der Waals surface area (Å²) in [6.07, 6.45) is 10.3. The second-order valence-corrected chi connectivity index (χ2v) is 14.3. The van der Waals surface area contributed by atoms with Gasteiger partial charge in [0.25, 0.3) is 5.56 Å². The first-order valence-electron chi connectivity index (χ1n) is 17.3. The van der Waals surface area contributed by atoms with Crippen molar-refractivity contribution >= 4 is 17.0 Å². The van der Waals surface area contributed by atoms with Gasteiger partial charge >= 0.3 is 6.09 Å². The Morgan fingerprint density at radius 1 is 0.935 bits per heavy atom. The van der Waals surface area contributed by atoms with Gasteiger partial charge in [0.2, 0.25) is 0 Å². The predicted octanol–water partition coefficient (Wildman–Crippen LogP) is 6.69. The van der Waals surface area contributed by atoms with E-state index < -0.39 is 5.60 Å². The first kappa shape index (κ1) is 32.5. The SMILES string of the molecule is CCCCOc1ccc2ncn(-c3ccc(C4CCN(C5CC(OC6CCN(C(=O)OC(C)(C)C)CC6)C5)CC4)cc3)c(=O)c2c1. The van der Waals surface area contributed by atoms with E-state index in [4.69, 9.17) is 14.2 Å². The van der Waals surface area contributed by atoms with Crippen LogP contribution in [0.2, 0.25) is 0 Å². The van der Waals surface area contributed by atoms with Crippen LogP contribution in [0.15, 0.2) is 53.6 Å². The smallest absolute Gasteiger partial charge is 0.410 e. The molecule has 1 amide bonds. The predicted molar refractivity (Wildman–Crippen MR) is 180 cm³/mol. The summed E-state index contributed by atoms with van der Waals surface area (Å²) < 4.78 is 19.4. The van der Waals surface area contributed by atoms with Crippen molar-refractivity contribution < 1.29 is 19.0 Å². The van der Waals surface area contributed by atoms with E-state index in [1.807, 2.05) is 56.0 Å². The number of amides is 1. The Morgan fingerprint density at radius 3 is 2.33 bits per heavy atom. The van der Waals surface area contributed by atoms with Gasteiger partial charge in [-0.2, -0.15) is 0 Å². The minimum Gasteiger partial charge on any atom is -0.494 e. The van der Waals surface area contributed by atoms with Crippen LogP contribution in [-0.4, -0.2) is 82.1 Å². The van der Waals surface area contributed by atoms with Crippen molar-refractivity contribution in [3.63, 3.8) is 0 Å². The zero-order chi connectivity index (χ0) is 32.3. The number of ether oxygens (including phenoxy) is 3. The molecule has 0 bridgehead atoms. The first-order chi connectivity index (χ1) is 22.2. The Balaban J connectivity index is 0.955. The van der Waals surface area contributed by atoms with Crippen LogP contribution in [0.3, 0.4) is 0 Å². The Kier molecular flexibility index (Phi) is 9.99. The van der Waals surface area contributed by atoms with E-state index >= 15 is 0 Å². The third kappa shape index (κ3) is 7.74. The molecule has 1 aromatic heterocycles.